The standard InChI is InChI=1S/C19H23N7O/c1-14-21-22-17-7-8-18(23-26(14)17)24-9-11-25(12-10-24)19(27)16(13-20)15-5-3-2-4-6-15/h2-8,16H,9-13,20H2,1H3. The van der Waals surface area contributed by atoms with Crippen LogP contribution in [0.2, 0.25) is 0 Å². The summed E-state index contributed by atoms with van der Waals surface area (Å²) in [6.45, 7) is 4.97. The van der Waals surface area contributed by atoms with E-state index < -0.39 is 0 Å². The van der Waals surface area contributed by atoms with Crippen LogP contribution in [-0.4, -0.2) is 63.3 Å². The third-order valence-electron chi connectivity index (χ3n) is 5.06. The first kappa shape index (κ1) is 17.4. The molecule has 1 aromatic carbocycles. The number of nitrogens with zero attached hydrogens (tertiary/aromatic N) is 6. The van der Waals surface area contributed by atoms with Gasteiger partial charge >= 0.3 is 0 Å². The predicted octanol–water partition coefficient (Wildman–Crippen LogP) is 0.824. The first-order valence-electron chi connectivity index (χ1n) is 9.15. The Kier molecular flexibility index (Phi) is 4.72. The smallest absolute Gasteiger partial charge is 0.231 e. The summed E-state index contributed by atoms with van der Waals surface area (Å²) in [4.78, 5) is 17.0. The van der Waals surface area contributed by atoms with E-state index >= 15 is 0 Å². The molecule has 1 aliphatic rings. The highest BCUT2D eigenvalue weighted by Crippen LogP contribution is 2.20. The molecule has 3 heterocycles. The molecule has 1 saturated heterocycles. The predicted molar refractivity (Wildman–Crippen MR) is 103 cm³/mol. The van der Waals surface area contributed by atoms with Gasteiger partial charge in [-0.05, 0) is 24.6 Å². The van der Waals surface area contributed by atoms with Crippen LogP contribution in [-0.2, 0) is 4.79 Å². The number of rotatable bonds is 4. The number of carbonyl (C=O) groups is 1. The van der Waals surface area contributed by atoms with Crippen molar-refractivity contribution in [3.05, 3.63) is 53.9 Å². The molecule has 27 heavy (non-hydrogen) atoms. The van der Waals surface area contributed by atoms with Crippen LogP contribution in [0, 0.1) is 6.92 Å². The molecule has 3 aromatic rings. The number of amides is 1. The third-order valence-corrected chi connectivity index (χ3v) is 5.06. The number of piperazine rings is 1. The van der Waals surface area contributed by atoms with Crippen LogP contribution < -0.4 is 10.6 Å². The van der Waals surface area contributed by atoms with Gasteiger partial charge in [0.2, 0.25) is 5.91 Å². The number of aryl methyl sites for hydroxylation is 1. The van der Waals surface area contributed by atoms with E-state index in [1.165, 1.54) is 0 Å². The summed E-state index contributed by atoms with van der Waals surface area (Å²) in [5.41, 5.74) is 7.61. The van der Waals surface area contributed by atoms with Gasteiger partial charge in [0.05, 0.1) is 5.92 Å². The topological polar surface area (TPSA) is 92.7 Å². The second-order valence-electron chi connectivity index (χ2n) is 6.72. The molecule has 8 nitrogen and oxygen atoms in total. The molecule has 1 aliphatic heterocycles. The van der Waals surface area contributed by atoms with Crippen molar-refractivity contribution in [3.63, 3.8) is 0 Å². The second-order valence-corrected chi connectivity index (χ2v) is 6.72. The molecule has 140 valence electrons. The average molecular weight is 365 g/mol. The first-order valence-corrected chi connectivity index (χ1v) is 9.15. The van der Waals surface area contributed by atoms with Crippen molar-refractivity contribution in [1.29, 1.82) is 0 Å². The molecule has 0 saturated carbocycles. The summed E-state index contributed by atoms with van der Waals surface area (Å²) in [6, 6.07) is 13.6. The van der Waals surface area contributed by atoms with Gasteiger partial charge < -0.3 is 15.5 Å². The van der Waals surface area contributed by atoms with Crippen LogP contribution >= 0.6 is 0 Å². The van der Waals surface area contributed by atoms with Crippen LogP contribution in [0.5, 0.6) is 0 Å². The van der Waals surface area contributed by atoms with Crippen LogP contribution in [0.25, 0.3) is 5.65 Å². The average Bonchev–Trinajstić information content (AvgIpc) is 3.10. The lowest BCUT2D eigenvalue weighted by atomic mass is 9.97. The molecule has 4 rings (SSSR count). The maximum Gasteiger partial charge on any atom is 0.231 e. The monoisotopic (exact) mass is 365 g/mol. The van der Waals surface area contributed by atoms with Gasteiger partial charge in [0, 0.05) is 32.7 Å². The summed E-state index contributed by atoms with van der Waals surface area (Å²) in [5, 5.41) is 12.7. The van der Waals surface area contributed by atoms with Gasteiger partial charge in [-0.25, -0.2) is 0 Å². The van der Waals surface area contributed by atoms with Crippen molar-refractivity contribution in [2.45, 2.75) is 12.8 Å². The van der Waals surface area contributed by atoms with Crippen LogP contribution in [0.15, 0.2) is 42.5 Å². The molecule has 2 N–H and O–H groups in total. The summed E-state index contributed by atoms with van der Waals surface area (Å²) in [6.07, 6.45) is 0. The number of benzene rings is 1. The number of fused-ring (bicyclic) bond motifs is 1. The van der Waals surface area contributed by atoms with Gasteiger partial charge in [-0.2, -0.15) is 4.52 Å². The van der Waals surface area contributed by atoms with Gasteiger partial charge in [-0.15, -0.1) is 15.3 Å². The number of carbonyl (C=O) groups excluding carboxylic acids is 1. The lowest BCUT2D eigenvalue weighted by molar-refractivity contribution is -0.132. The molecular formula is C19H23N7O. The molecule has 0 aliphatic carbocycles. The summed E-state index contributed by atoms with van der Waals surface area (Å²) < 4.78 is 1.74. The highest BCUT2D eigenvalue weighted by atomic mass is 16.2. The Balaban J connectivity index is 1.44. The molecule has 1 amide bonds. The fourth-order valence-corrected chi connectivity index (χ4v) is 3.50. The van der Waals surface area contributed by atoms with Crippen LogP contribution in [0.1, 0.15) is 17.3 Å². The Bertz CT molecular complexity index is 932. The fourth-order valence-electron chi connectivity index (χ4n) is 3.50. The molecule has 1 fully saturated rings. The minimum Gasteiger partial charge on any atom is -0.352 e. The fraction of sp³-hybridized carbons (Fsp3) is 0.368. The van der Waals surface area contributed by atoms with Gasteiger partial charge in [0.25, 0.3) is 0 Å². The van der Waals surface area contributed by atoms with Crippen molar-refractivity contribution in [3.8, 4) is 0 Å². The minimum atomic E-state index is -0.285. The molecule has 2 aromatic heterocycles. The zero-order chi connectivity index (χ0) is 18.8. The minimum absolute atomic E-state index is 0.0985. The Morgan fingerprint density at radius 1 is 1.07 bits per heavy atom. The van der Waals surface area contributed by atoms with Gasteiger partial charge in [-0.3, -0.25) is 4.79 Å². The SMILES string of the molecule is Cc1nnc2ccc(N3CCN(C(=O)C(CN)c4ccccc4)CC3)nn12. The molecule has 0 spiro atoms. The molecule has 0 bridgehead atoms. The van der Waals surface area contributed by atoms with Gasteiger partial charge in [0.1, 0.15) is 5.82 Å². The number of anilines is 1. The highest BCUT2D eigenvalue weighted by Gasteiger charge is 2.28. The zero-order valence-electron chi connectivity index (χ0n) is 15.3. The van der Waals surface area contributed by atoms with Crippen molar-refractivity contribution < 1.29 is 4.79 Å². The van der Waals surface area contributed by atoms with Crippen molar-refractivity contribution in [2.75, 3.05) is 37.6 Å². The van der Waals surface area contributed by atoms with E-state index in [0.717, 1.165) is 35.9 Å². The molecule has 0 radical (unpaired) electrons. The maximum absolute atomic E-state index is 12.9. The molecule has 8 heteroatoms. The lowest BCUT2D eigenvalue weighted by Crippen LogP contribution is -2.51. The number of aromatic nitrogens is 4. The largest absolute Gasteiger partial charge is 0.352 e. The van der Waals surface area contributed by atoms with Crippen molar-refractivity contribution >= 4 is 17.4 Å². The van der Waals surface area contributed by atoms with Gasteiger partial charge in [0.15, 0.2) is 11.5 Å². The summed E-state index contributed by atoms with van der Waals surface area (Å²) in [7, 11) is 0. The molecule has 1 atom stereocenters. The zero-order valence-corrected chi connectivity index (χ0v) is 15.3. The number of hydrogen-bond acceptors (Lipinski definition) is 6. The first-order chi connectivity index (χ1) is 13.2. The van der Waals surface area contributed by atoms with Crippen molar-refractivity contribution in [1.82, 2.24) is 24.7 Å². The Morgan fingerprint density at radius 2 is 1.81 bits per heavy atom. The van der Waals surface area contributed by atoms with E-state index in [9.17, 15) is 4.79 Å². The van der Waals surface area contributed by atoms with E-state index in [2.05, 4.69) is 20.2 Å². The maximum atomic E-state index is 12.9. The lowest BCUT2D eigenvalue weighted by Gasteiger charge is -2.36. The summed E-state index contributed by atoms with van der Waals surface area (Å²) in [5.74, 6) is 1.44. The normalized spacial score (nSPS) is 15.9. The molecular weight excluding hydrogens is 342 g/mol. The third kappa shape index (κ3) is 3.35. The highest BCUT2D eigenvalue weighted by molar-refractivity contribution is 5.84. The Hall–Kier alpha value is -3.00. The van der Waals surface area contributed by atoms with E-state index in [-0.39, 0.29) is 11.8 Å². The van der Waals surface area contributed by atoms with Crippen LogP contribution in [0.3, 0.4) is 0 Å². The summed E-state index contributed by atoms with van der Waals surface area (Å²) >= 11 is 0. The van der Waals surface area contributed by atoms with Crippen LogP contribution in [0.4, 0.5) is 5.82 Å². The van der Waals surface area contributed by atoms with E-state index in [1.807, 2.05) is 54.3 Å². The van der Waals surface area contributed by atoms with Gasteiger partial charge in [-0.1, -0.05) is 30.3 Å². The number of hydrogen-bond donors (Lipinski definition) is 1. The number of nitrogens with two attached hydrogens (primary N) is 1. The quantitative estimate of drug-likeness (QED) is 0.736. The Morgan fingerprint density at radius 3 is 2.52 bits per heavy atom. The Labute approximate surface area is 157 Å². The van der Waals surface area contributed by atoms with Crippen molar-refractivity contribution in [2.24, 2.45) is 5.73 Å². The van der Waals surface area contributed by atoms with E-state index in [0.29, 0.717) is 19.6 Å². The second kappa shape index (κ2) is 7.32. The molecule has 1 unspecified atom stereocenters. The van der Waals surface area contributed by atoms with E-state index in [1.54, 1.807) is 4.52 Å². The van der Waals surface area contributed by atoms with E-state index in [4.69, 9.17) is 5.73 Å².